The highest BCUT2D eigenvalue weighted by Gasteiger charge is 2.24. The number of anilines is 2. The zero-order valence-electron chi connectivity index (χ0n) is 16.8. The topological polar surface area (TPSA) is 79.8 Å². The number of carbonyl (C=O) groups excluding carboxylic acids is 1. The van der Waals surface area contributed by atoms with Crippen LogP contribution in [0.5, 0.6) is 11.5 Å². The van der Waals surface area contributed by atoms with Crippen molar-refractivity contribution in [2.24, 2.45) is 0 Å². The first-order valence-corrected chi connectivity index (χ1v) is 10.1. The third kappa shape index (κ3) is 3.61. The van der Waals surface area contributed by atoms with Gasteiger partial charge in [0, 0.05) is 37.9 Å². The minimum atomic E-state index is -0.293. The summed E-state index contributed by atoms with van der Waals surface area (Å²) >= 11 is 0. The maximum Gasteiger partial charge on any atom is 0.278 e. The van der Waals surface area contributed by atoms with Crippen LogP contribution in [0.15, 0.2) is 42.5 Å². The van der Waals surface area contributed by atoms with Gasteiger partial charge in [0.05, 0.1) is 11.0 Å². The largest absolute Gasteiger partial charge is 0.486 e. The monoisotopic (exact) mass is 405 g/mol. The molecular formula is C22H23N5O3. The van der Waals surface area contributed by atoms with Crippen molar-refractivity contribution in [2.75, 3.05) is 56.7 Å². The molecule has 0 unspecified atom stereocenters. The molecule has 1 saturated heterocycles. The highest BCUT2D eigenvalue weighted by Crippen LogP contribution is 2.33. The van der Waals surface area contributed by atoms with Gasteiger partial charge < -0.3 is 24.6 Å². The summed E-state index contributed by atoms with van der Waals surface area (Å²) in [5.74, 6) is 1.64. The summed E-state index contributed by atoms with van der Waals surface area (Å²) in [6.07, 6.45) is 0. The molecule has 0 spiro atoms. The summed E-state index contributed by atoms with van der Waals surface area (Å²) < 4.78 is 11.2. The second-order valence-corrected chi connectivity index (χ2v) is 7.49. The number of likely N-dealkylation sites (N-methyl/N-ethyl adjacent to an activating group) is 1. The van der Waals surface area contributed by atoms with E-state index in [1.165, 1.54) is 0 Å². The number of nitrogens with zero attached hydrogens (tertiary/aromatic N) is 4. The Kier molecular flexibility index (Phi) is 4.84. The molecule has 2 aliphatic heterocycles. The molecule has 154 valence electrons. The smallest absolute Gasteiger partial charge is 0.278 e. The Labute approximate surface area is 174 Å². The van der Waals surface area contributed by atoms with E-state index in [1.807, 2.05) is 24.3 Å². The van der Waals surface area contributed by atoms with E-state index in [2.05, 4.69) is 27.1 Å². The zero-order chi connectivity index (χ0) is 20.5. The first-order valence-electron chi connectivity index (χ1n) is 10.1. The summed E-state index contributed by atoms with van der Waals surface area (Å²) in [4.78, 5) is 27.1. The standard InChI is InChI=1S/C22H23N5O3/c1-26-8-10-27(11-9-26)21-20(24-16-4-2-3-5-17(16)25-21)22(28)23-15-6-7-18-19(14-15)30-13-12-29-18/h2-7,14H,8-13H2,1H3,(H,23,28). The first-order chi connectivity index (χ1) is 14.7. The SMILES string of the molecule is CN1CCN(c2nc3ccccc3nc2C(=O)Nc2ccc3c(c2)OCCO3)CC1. The number of aromatic nitrogens is 2. The van der Waals surface area contributed by atoms with E-state index >= 15 is 0 Å². The van der Waals surface area contributed by atoms with Crippen molar-refractivity contribution in [3.8, 4) is 11.5 Å². The Morgan fingerprint density at radius 2 is 1.63 bits per heavy atom. The van der Waals surface area contributed by atoms with Crippen LogP contribution in [-0.2, 0) is 0 Å². The molecule has 0 radical (unpaired) electrons. The molecule has 0 bridgehead atoms. The predicted octanol–water partition coefficient (Wildman–Crippen LogP) is 2.41. The van der Waals surface area contributed by atoms with Gasteiger partial charge >= 0.3 is 0 Å². The van der Waals surface area contributed by atoms with E-state index in [-0.39, 0.29) is 5.91 Å². The summed E-state index contributed by atoms with van der Waals surface area (Å²) in [7, 11) is 2.10. The maximum atomic E-state index is 13.2. The number of hydrogen-bond acceptors (Lipinski definition) is 7. The van der Waals surface area contributed by atoms with Crippen molar-refractivity contribution in [3.63, 3.8) is 0 Å². The van der Waals surface area contributed by atoms with Crippen LogP contribution in [0.4, 0.5) is 11.5 Å². The van der Waals surface area contributed by atoms with Gasteiger partial charge in [0.15, 0.2) is 23.0 Å². The number of ether oxygens (including phenoxy) is 2. The van der Waals surface area contributed by atoms with Crippen LogP contribution in [0.25, 0.3) is 11.0 Å². The van der Waals surface area contributed by atoms with E-state index in [9.17, 15) is 4.79 Å². The van der Waals surface area contributed by atoms with Crippen LogP contribution in [0.3, 0.4) is 0 Å². The second-order valence-electron chi connectivity index (χ2n) is 7.49. The molecule has 1 aromatic heterocycles. The average Bonchev–Trinajstić information content (AvgIpc) is 2.78. The lowest BCUT2D eigenvalue weighted by Gasteiger charge is -2.33. The van der Waals surface area contributed by atoms with Gasteiger partial charge in [-0.3, -0.25) is 4.79 Å². The lowest BCUT2D eigenvalue weighted by molar-refractivity contribution is 0.102. The van der Waals surface area contributed by atoms with E-state index in [0.29, 0.717) is 47.4 Å². The molecular weight excluding hydrogens is 382 g/mol. The molecule has 8 nitrogen and oxygen atoms in total. The molecule has 2 aromatic carbocycles. The highest BCUT2D eigenvalue weighted by atomic mass is 16.6. The van der Waals surface area contributed by atoms with Gasteiger partial charge in [-0.25, -0.2) is 9.97 Å². The predicted molar refractivity (Wildman–Crippen MR) is 115 cm³/mol. The Balaban J connectivity index is 1.48. The van der Waals surface area contributed by atoms with Crippen molar-refractivity contribution >= 4 is 28.4 Å². The lowest BCUT2D eigenvalue weighted by atomic mass is 10.2. The quantitative estimate of drug-likeness (QED) is 0.717. The molecule has 3 aromatic rings. The number of piperazine rings is 1. The van der Waals surface area contributed by atoms with Gasteiger partial charge in [-0.1, -0.05) is 12.1 Å². The Hall–Kier alpha value is -3.39. The molecule has 0 aliphatic carbocycles. The van der Waals surface area contributed by atoms with E-state index in [4.69, 9.17) is 14.5 Å². The summed E-state index contributed by atoms with van der Waals surface area (Å²) in [6.45, 7) is 4.45. The fourth-order valence-electron chi connectivity index (χ4n) is 3.69. The number of benzene rings is 2. The summed E-state index contributed by atoms with van der Waals surface area (Å²) in [6, 6.07) is 13.0. The lowest BCUT2D eigenvalue weighted by Crippen LogP contribution is -2.45. The minimum absolute atomic E-state index is 0.293. The minimum Gasteiger partial charge on any atom is -0.486 e. The van der Waals surface area contributed by atoms with Crippen LogP contribution >= 0.6 is 0 Å². The van der Waals surface area contributed by atoms with Gasteiger partial charge in [0.2, 0.25) is 0 Å². The molecule has 1 N–H and O–H groups in total. The normalized spacial score (nSPS) is 16.5. The second kappa shape index (κ2) is 7.79. The third-order valence-corrected chi connectivity index (χ3v) is 5.37. The van der Waals surface area contributed by atoms with E-state index in [0.717, 1.165) is 31.7 Å². The van der Waals surface area contributed by atoms with Crippen LogP contribution in [-0.4, -0.2) is 67.2 Å². The molecule has 1 amide bonds. The molecule has 8 heteroatoms. The number of carbonyl (C=O) groups is 1. The Bertz CT molecular complexity index is 1100. The fraction of sp³-hybridized carbons (Fsp3) is 0.318. The van der Waals surface area contributed by atoms with Gasteiger partial charge in [-0.15, -0.1) is 0 Å². The molecule has 2 aliphatic rings. The fourth-order valence-corrected chi connectivity index (χ4v) is 3.69. The molecule has 0 saturated carbocycles. The number of amides is 1. The number of para-hydroxylation sites is 2. The Morgan fingerprint density at radius 3 is 2.40 bits per heavy atom. The number of fused-ring (bicyclic) bond motifs is 2. The zero-order valence-corrected chi connectivity index (χ0v) is 16.8. The number of rotatable bonds is 3. The van der Waals surface area contributed by atoms with E-state index < -0.39 is 0 Å². The van der Waals surface area contributed by atoms with Crippen molar-refractivity contribution in [2.45, 2.75) is 0 Å². The van der Waals surface area contributed by atoms with Crippen molar-refractivity contribution < 1.29 is 14.3 Å². The molecule has 30 heavy (non-hydrogen) atoms. The first kappa shape index (κ1) is 18.6. The average molecular weight is 405 g/mol. The number of nitrogens with one attached hydrogen (secondary N) is 1. The van der Waals surface area contributed by atoms with Gasteiger partial charge in [-0.2, -0.15) is 0 Å². The summed E-state index contributed by atoms with van der Waals surface area (Å²) in [5.41, 5.74) is 2.43. The Morgan fingerprint density at radius 1 is 0.933 bits per heavy atom. The van der Waals surface area contributed by atoms with Crippen molar-refractivity contribution in [3.05, 3.63) is 48.2 Å². The molecule has 5 rings (SSSR count). The van der Waals surface area contributed by atoms with Crippen molar-refractivity contribution in [1.82, 2.24) is 14.9 Å². The van der Waals surface area contributed by atoms with Crippen LogP contribution in [0, 0.1) is 0 Å². The van der Waals surface area contributed by atoms with Gasteiger partial charge in [0.25, 0.3) is 5.91 Å². The molecule has 3 heterocycles. The number of hydrogen-bond donors (Lipinski definition) is 1. The molecule has 0 atom stereocenters. The van der Waals surface area contributed by atoms with Gasteiger partial charge in [0.1, 0.15) is 13.2 Å². The van der Waals surface area contributed by atoms with Crippen LogP contribution in [0.1, 0.15) is 10.5 Å². The highest BCUT2D eigenvalue weighted by molar-refractivity contribution is 6.07. The molecule has 1 fully saturated rings. The van der Waals surface area contributed by atoms with Crippen LogP contribution in [0.2, 0.25) is 0 Å². The summed E-state index contributed by atoms with van der Waals surface area (Å²) in [5, 5.41) is 2.95. The van der Waals surface area contributed by atoms with Gasteiger partial charge in [-0.05, 0) is 31.3 Å². The van der Waals surface area contributed by atoms with Crippen molar-refractivity contribution in [1.29, 1.82) is 0 Å². The van der Waals surface area contributed by atoms with E-state index in [1.54, 1.807) is 18.2 Å². The maximum absolute atomic E-state index is 13.2. The third-order valence-electron chi connectivity index (χ3n) is 5.37. The van der Waals surface area contributed by atoms with Crippen LogP contribution < -0.4 is 19.7 Å².